The van der Waals surface area contributed by atoms with Crippen molar-refractivity contribution in [3.8, 4) is 0 Å². The zero-order valence-corrected chi connectivity index (χ0v) is 11.6. The molecule has 1 unspecified atom stereocenters. The maximum Gasteiger partial charge on any atom is 0.356 e. The molecule has 2 aromatic rings. The average Bonchev–Trinajstić information content (AvgIpc) is 2.68. The molecule has 0 amide bonds. The molecule has 0 saturated carbocycles. The highest BCUT2D eigenvalue weighted by molar-refractivity contribution is 5.93. The molecule has 0 aromatic carbocycles. The molecular weight excluding hydrogens is 254 g/mol. The molecule has 0 bridgehead atoms. The number of aromatic carboxylic acids is 1. The van der Waals surface area contributed by atoms with Crippen molar-refractivity contribution < 1.29 is 9.90 Å². The van der Waals surface area contributed by atoms with E-state index in [1.54, 1.807) is 10.6 Å². The predicted molar refractivity (Wildman–Crippen MR) is 77.4 cm³/mol. The second kappa shape index (κ2) is 5.15. The molecule has 1 fully saturated rings. The average molecular weight is 273 g/mol. The third-order valence-electron chi connectivity index (χ3n) is 4.03. The lowest BCUT2D eigenvalue weighted by atomic mass is 10.0. The molecule has 2 aromatic heterocycles. The lowest BCUT2D eigenvalue weighted by molar-refractivity contribution is 0.0690. The van der Waals surface area contributed by atoms with Crippen molar-refractivity contribution in [2.45, 2.75) is 26.2 Å². The molecule has 20 heavy (non-hydrogen) atoms. The van der Waals surface area contributed by atoms with Gasteiger partial charge in [-0.3, -0.25) is 4.40 Å². The quantitative estimate of drug-likeness (QED) is 0.914. The number of nitrogens with zero attached hydrogens (tertiary/aromatic N) is 3. The van der Waals surface area contributed by atoms with Gasteiger partial charge in [0.15, 0.2) is 11.5 Å². The number of carboxylic acid groups (broad SMARTS) is 1. The Balaban J connectivity index is 2.06. The topological polar surface area (TPSA) is 57.8 Å². The van der Waals surface area contributed by atoms with E-state index < -0.39 is 5.97 Å². The molecular formula is C15H19N3O2. The smallest absolute Gasteiger partial charge is 0.356 e. The number of aromatic nitrogens is 2. The first-order valence-corrected chi connectivity index (χ1v) is 7.12. The van der Waals surface area contributed by atoms with E-state index in [0.29, 0.717) is 17.4 Å². The number of hydrogen-bond donors (Lipinski definition) is 1. The van der Waals surface area contributed by atoms with Crippen LogP contribution >= 0.6 is 0 Å². The molecule has 5 heteroatoms. The Hall–Kier alpha value is -2.04. The van der Waals surface area contributed by atoms with Crippen LogP contribution < -0.4 is 4.90 Å². The second-order valence-corrected chi connectivity index (χ2v) is 5.54. The zero-order valence-electron chi connectivity index (χ0n) is 11.6. The minimum atomic E-state index is -0.920. The second-order valence-electron chi connectivity index (χ2n) is 5.54. The molecule has 1 N–H and O–H groups in total. The molecule has 0 aliphatic carbocycles. The van der Waals surface area contributed by atoms with Gasteiger partial charge in [-0.2, -0.15) is 0 Å². The summed E-state index contributed by atoms with van der Waals surface area (Å²) in [6.45, 7) is 4.02. The van der Waals surface area contributed by atoms with Gasteiger partial charge in [0.1, 0.15) is 5.65 Å². The van der Waals surface area contributed by atoms with Crippen molar-refractivity contribution >= 4 is 17.4 Å². The van der Waals surface area contributed by atoms with Crippen LogP contribution in [0.2, 0.25) is 0 Å². The van der Waals surface area contributed by atoms with E-state index >= 15 is 0 Å². The highest BCUT2D eigenvalue weighted by Gasteiger charge is 2.24. The number of anilines is 1. The molecule has 0 spiro atoms. The highest BCUT2D eigenvalue weighted by Crippen LogP contribution is 2.26. The van der Waals surface area contributed by atoms with Gasteiger partial charge in [-0.25, -0.2) is 9.78 Å². The number of rotatable bonds is 2. The van der Waals surface area contributed by atoms with E-state index in [-0.39, 0.29) is 5.69 Å². The van der Waals surface area contributed by atoms with Gasteiger partial charge in [0, 0.05) is 19.3 Å². The van der Waals surface area contributed by atoms with Crippen LogP contribution in [-0.2, 0) is 0 Å². The van der Waals surface area contributed by atoms with E-state index in [0.717, 1.165) is 25.9 Å². The van der Waals surface area contributed by atoms with Gasteiger partial charge >= 0.3 is 5.97 Å². The van der Waals surface area contributed by atoms with E-state index in [4.69, 9.17) is 0 Å². The number of carbonyl (C=O) groups is 1. The molecule has 106 valence electrons. The third-order valence-corrected chi connectivity index (χ3v) is 4.03. The third kappa shape index (κ3) is 2.24. The number of imidazole rings is 1. The fraction of sp³-hybridized carbons (Fsp3) is 0.467. The maximum atomic E-state index is 11.6. The summed E-state index contributed by atoms with van der Waals surface area (Å²) in [5, 5.41) is 9.52. The summed E-state index contributed by atoms with van der Waals surface area (Å²) in [6.07, 6.45) is 5.14. The van der Waals surface area contributed by atoms with E-state index in [1.165, 1.54) is 6.42 Å². The lowest BCUT2D eigenvalue weighted by Gasteiger charge is -2.20. The van der Waals surface area contributed by atoms with Crippen LogP contribution in [-0.4, -0.2) is 33.6 Å². The minimum Gasteiger partial charge on any atom is -0.476 e. The Morgan fingerprint density at radius 3 is 3.00 bits per heavy atom. The van der Waals surface area contributed by atoms with E-state index in [9.17, 15) is 9.90 Å². The predicted octanol–water partition coefficient (Wildman–Crippen LogP) is 2.66. The van der Waals surface area contributed by atoms with Crippen molar-refractivity contribution in [1.29, 1.82) is 0 Å². The highest BCUT2D eigenvalue weighted by atomic mass is 16.4. The van der Waals surface area contributed by atoms with Crippen LogP contribution in [0.4, 0.5) is 5.82 Å². The Labute approximate surface area is 117 Å². The first-order valence-electron chi connectivity index (χ1n) is 7.12. The van der Waals surface area contributed by atoms with Crippen molar-refractivity contribution in [2.75, 3.05) is 18.0 Å². The molecule has 1 saturated heterocycles. The van der Waals surface area contributed by atoms with E-state index in [2.05, 4.69) is 16.8 Å². The standard InChI is InChI=1S/C15H19N3O2/c1-11-5-4-8-17(10-7-11)14-13(15(19)20)18-9-3-2-6-12(18)16-14/h2-3,6,9,11H,4-5,7-8,10H2,1H3,(H,19,20). The fourth-order valence-electron chi connectivity index (χ4n) is 2.88. The van der Waals surface area contributed by atoms with Crippen LogP contribution in [0.25, 0.3) is 5.65 Å². The summed E-state index contributed by atoms with van der Waals surface area (Å²) in [5.41, 5.74) is 0.965. The Morgan fingerprint density at radius 2 is 2.20 bits per heavy atom. The van der Waals surface area contributed by atoms with E-state index in [1.807, 2.05) is 18.2 Å². The Kier molecular flexibility index (Phi) is 3.34. The summed E-state index contributed by atoms with van der Waals surface area (Å²) in [4.78, 5) is 18.3. The molecule has 1 atom stereocenters. The first kappa shape index (κ1) is 13.0. The van der Waals surface area contributed by atoms with Crippen molar-refractivity contribution in [3.05, 3.63) is 30.1 Å². The van der Waals surface area contributed by atoms with Gasteiger partial charge in [0.25, 0.3) is 0 Å². The van der Waals surface area contributed by atoms with Crippen LogP contribution in [0.3, 0.4) is 0 Å². The normalized spacial score (nSPS) is 20.1. The molecule has 3 rings (SSSR count). The molecule has 1 aliphatic heterocycles. The SMILES string of the molecule is CC1CCCN(c2nc3ccccn3c2C(=O)O)CC1. The largest absolute Gasteiger partial charge is 0.476 e. The van der Waals surface area contributed by atoms with Crippen LogP contribution in [0.5, 0.6) is 0 Å². The van der Waals surface area contributed by atoms with Crippen LogP contribution in [0.1, 0.15) is 36.7 Å². The van der Waals surface area contributed by atoms with Gasteiger partial charge in [-0.05, 0) is 37.3 Å². The summed E-state index contributed by atoms with van der Waals surface area (Å²) >= 11 is 0. The Morgan fingerprint density at radius 1 is 1.35 bits per heavy atom. The minimum absolute atomic E-state index is 0.273. The lowest BCUT2D eigenvalue weighted by Crippen LogP contribution is -2.26. The number of carboxylic acids is 1. The fourth-order valence-corrected chi connectivity index (χ4v) is 2.88. The molecule has 5 nitrogen and oxygen atoms in total. The van der Waals surface area contributed by atoms with Crippen LogP contribution in [0.15, 0.2) is 24.4 Å². The zero-order chi connectivity index (χ0) is 14.1. The van der Waals surface area contributed by atoms with Crippen molar-refractivity contribution in [2.24, 2.45) is 5.92 Å². The van der Waals surface area contributed by atoms with Gasteiger partial charge in [0.05, 0.1) is 0 Å². The summed E-state index contributed by atoms with van der Waals surface area (Å²) in [5.74, 6) is 0.388. The molecule has 1 aliphatic rings. The summed E-state index contributed by atoms with van der Waals surface area (Å²) < 4.78 is 1.66. The van der Waals surface area contributed by atoms with Gasteiger partial charge in [-0.15, -0.1) is 0 Å². The van der Waals surface area contributed by atoms with Crippen LogP contribution in [0, 0.1) is 5.92 Å². The first-order chi connectivity index (χ1) is 9.66. The van der Waals surface area contributed by atoms with Crippen molar-refractivity contribution in [3.63, 3.8) is 0 Å². The van der Waals surface area contributed by atoms with Gasteiger partial charge in [0.2, 0.25) is 0 Å². The molecule has 0 radical (unpaired) electrons. The maximum absolute atomic E-state index is 11.6. The van der Waals surface area contributed by atoms with Gasteiger partial charge in [-0.1, -0.05) is 13.0 Å². The summed E-state index contributed by atoms with van der Waals surface area (Å²) in [7, 11) is 0. The van der Waals surface area contributed by atoms with Crippen molar-refractivity contribution in [1.82, 2.24) is 9.38 Å². The molecule has 3 heterocycles. The monoisotopic (exact) mass is 273 g/mol. The number of pyridine rings is 1. The summed E-state index contributed by atoms with van der Waals surface area (Å²) in [6, 6.07) is 5.55. The van der Waals surface area contributed by atoms with Gasteiger partial charge < -0.3 is 10.0 Å². The number of hydrogen-bond acceptors (Lipinski definition) is 3. The number of fused-ring (bicyclic) bond motifs is 1. The Bertz CT molecular complexity index is 635.